The Labute approximate surface area is 128 Å². The third-order valence-electron chi connectivity index (χ3n) is 2.91. The lowest BCUT2D eigenvalue weighted by atomic mass is 9.95. The molecule has 1 aromatic heterocycles. The number of benzene rings is 1. The number of nitrogen functional groups attached to an aromatic ring is 1. The molecule has 2 aromatic rings. The van der Waals surface area contributed by atoms with Crippen molar-refractivity contribution < 1.29 is 9.13 Å². The molecule has 0 saturated carbocycles. The third kappa shape index (κ3) is 3.42. The highest BCUT2D eigenvalue weighted by Gasteiger charge is 2.21. The minimum Gasteiger partial charge on any atom is -0.437 e. The number of hydrogen-bond acceptors (Lipinski definition) is 4. The molecule has 0 radical (unpaired) electrons. The monoisotopic (exact) mass is 309 g/mol. The van der Waals surface area contributed by atoms with Gasteiger partial charge < -0.3 is 10.5 Å². The number of anilines is 1. The van der Waals surface area contributed by atoms with E-state index in [1.54, 1.807) is 6.92 Å². The Morgan fingerprint density at radius 2 is 1.90 bits per heavy atom. The standard InChI is InChI=1S/C15H17ClFN3O/c1-8-12(18)19-14(15(2,3)4)20-13(8)21-11-6-5-9(17)7-10(11)16/h5-7H,1-4H3,(H2,18,19,20). The maximum absolute atomic E-state index is 13.1. The first kappa shape index (κ1) is 15.5. The summed E-state index contributed by atoms with van der Waals surface area (Å²) >= 11 is 5.96. The van der Waals surface area contributed by atoms with Crippen molar-refractivity contribution in [3.8, 4) is 11.6 Å². The van der Waals surface area contributed by atoms with Gasteiger partial charge in [0.25, 0.3) is 0 Å². The van der Waals surface area contributed by atoms with Crippen LogP contribution in [-0.2, 0) is 5.41 Å². The zero-order valence-electron chi connectivity index (χ0n) is 12.4. The van der Waals surface area contributed by atoms with E-state index < -0.39 is 5.82 Å². The molecule has 0 aliphatic rings. The second kappa shape index (κ2) is 5.48. The Kier molecular flexibility index (Phi) is 4.05. The normalized spacial score (nSPS) is 11.5. The van der Waals surface area contributed by atoms with Crippen LogP contribution in [0.2, 0.25) is 5.02 Å². The van der Waals surface area contributed by atoms with Crippen molar-refractivity contribution in [3.05, 3.63) is 40.4 Å². The molecule has 4 nitrogen and oxygen atoms in total. The molecule has 21 heavy (non-hydrogen) atoms. The Morgan fingerprint density at radius 1 is 1.24 bits per heavy atom. The Morgan fingerprint density at radius 3 is 2.48 bits per heavy atom. The molecule has 0 unspecified atom stereocenters. The van der Waals surface area contributed by atoms with Gasteiger partial charge in [-0.3, -0.25) is 0 Å². The number of nitrogens with zero attached hydrogens (tertiary/aromatic N) is 2. The van der Waals surface area contributed by atoms with Gasteiger partial charge in [0.2, 0.25) is 5.88 Å². The van der Waals surface area contributed by atoms with Gasteiger partial charge in [-0.1, -0.05) is 32.4 Å². The highest BCUT2D eigenvalue weighted by Crippen LogP contribution is 2.33. The number of aromatic nitrogens is 2. The van der Waals surface area contributed by atoms with E-state index >= 15 is 0 Å². The molecule has 0 aliphatic heterocycles. The fourth-order valence-corrected chi connectivity index (χ4v) is 1.82. The number of rotatable bonds is 2. The summed E-state index contributed by atoms with van der Waals surface area (Å²) in [7, 11) is 0. The van der Waals surface area contributed by atoms with Crippen LogP contribution in [0.15, 0.2) is 18.2 Å². The predicted octanol–water partition coefficient (Wildman–Crippen LogP) is 4.25. The van der Waals surface area contributed by atoms with Gasteiger partial charge in [-0.25, -0.2) is 9.37 Å². The van der Waals surface area contributed by atoms with Gasteiger partial charge in [0, 0.05) is 5.41 Å². The molecule has 2 N–H and O–H groups in total. The van der Waals surface area contributed by atoms with E-state index in [2.05, 4.69) is 9.97 Å². The van der Waals surface area contributed by atoms with Crippen LogP contribution in [0.5, 0.6) is 11.6 Å². The van der Waals surface area contributed by atoms with Crippen molar-refractivity contribution in [2.75, 3.05) is 5.73 Å². The lowest BCUT2D eigenvalue weighted by Gasteiger charge is -2.19. The Balaban J connectivity index is 2.46. The molecule has 0 bridgehead atoms. The maximum atomic E-state index is 13.1. The van der Waals surface area contributed by atoms with Gasteiger partial charge in [0.05, 0.1) is 10.6 Å². The molecule has 0 aliphatic carbocycles. The lowest BCUT2D eigenvalue weighted by molar-refractivity contribution is 0.442. The smallest absolute Gasteiger partial charge is 0.227 e. The van der Waals surface area contributed by atoms with Crippen molar-refractivity contribution in [2.45, 2.75) is 33.1 Å². The number of hydrogen-bond donors (Lipinski definition) is 1. The van der Waals surface area contributed by atoms with Gasteiger partial charge >= 0.3 is 0 Å². The Bertz CT molecular complexity index is 683. The fourth-order valence-electron chi connectivity index (χ4n) is 1.61. The maximum Gasteiger partial charge on any atom is 0.227 e. The summed E-state index contributed by atoms with van der Waals surface area (Å²) in [5.74, 6) is 1.13. The lowest BCUT2D eigenvalue weighted by Crippen LogP contribution is -2.18. The van der Waals surface area contributed by atoms with Crippen LogP contribution < -0.4 is 10.5 Å². The molecule has 112 valence electrons. The molecule has 0 atom stereocenters. The van der Waals surface area contributed by atoms with Gasteiger partial charge in [0.1, 0.15) is 23.2 Å². The average molecular weight is 310 g/mol. The zero-order valence-corrected chi connectivity index (χ0v) is 13.1. The average Bonchev–Trinajstić information content (AvgIpc) is 2.36. The molecule has 0 amide bonds. The number of halogens is 2. The van der Waals surface area contributed by atoms with E-state index in [1.807, 2.05) is 20.8 Å². The molecule has 0 fully saturated rings. The summed E-state index contributed by atoms with van der Waals surface area (Å²) in [5.41, 5.74) is 6.25. The van der Waals surface area contributed by atoms with E-state index in [9.17, 15) is 4.39 Å². The van der Waals surface area contributed by atoms with Crippen LogP contribution in [-0.4, -0.2) is 9.97 Å². The molecule has 1 heterocycles. The number of nitrogens with two attached hydrogens (primary N) is 1. The summed E-state index contributed by atoms with van der Waals surface area (Å²) in [6.07, 6.45) is 0. The topological polar surface area (TPSA) is 61.0 Å². The van der Waals surface area contributed by atoms with Crippen molar-refractivity contribution >= 4 is 17.4 Å². The highest BCUT2D eigenvalue weighted by molar-refractivity contribution is 6.32. The second-order valence-electron chi connectivity index (χ2n) is 5.79. The van der Waals surface area contributed by atoms with Crippen LogP contribution in [0.3, 0.4) is 0 Å². The van der Waals surface area contributed by atoms with Crippen LogP contribution in [0.1, 0.15) is 32.2 Å². The van der Waals surface area contributed by atoms with Crippen molar-refractivity contribution in [1.29, 1.82) is 0 Å². The summed E-state index contributed by atoms with van der Waals surface area (Å²) in [6, 6.07) is 3.90. The van der Waals surface area contributed by atoms with Crippen LogP contribution >= 0.6 is 11.6 Å². The SMILES string of the molecule is Cc1c(N)nc(C(C)(C)C)nc1Oc1ccc(F)cc1Cl. The molecule has 2 rings (SSSR count). The van der Waals surface area contributed by atoms with E-state index in [1.165, 1.54) is 18.2 Å². The Hall–Kier alpha value is -1.88. The van der Waals surface area contributed by atoms with Crippen molar-refractivity contribution in [1.82, 2.24) is 9.97 Å². The molecule has 0 spiro atoms. The molecular weight excluding hydrogens is 293 g/mol. The van der Waals surface area contributed by atoms with Crippen LogP contribution in [0, 0.1) is 12.7 Å². The minimum atomic E-state index is -0.429. The third-order valence-corrected chi connectivity index (χ3v) is 3.21. The van der Waals surface area contributed by atoms with E-state index in [0.29, 0.717) is 28.8 Å². The summed E-state index contributed by atoms with van der Waals surface area (Å²) in [6.45, 7) is 7.69. The van der Waals surface area contributed by atoms with E-state index in [0.717, 1.165) is 0 Å². The van der Waals surface area contributed by atoms with Crippen molar-refractivity contribution in [2.24, 2.45) is 0 Å². The minimum absolute atomic E-state index is 0.170. The molecule has 0 saturated heterocycles. The summed E-state index contributed by atoms with van der Waals surface area (Å²) in [5, 5.41) is 0.170. The predicted molar refractivity (Wildman–Crippen MR) is 81.4 cm³/mol. The van der Waals surface area contributed by atoms with Crippen LogP contribution in [0.4, 0.5) is 10.2 Å². The van der Waals surface area contributed by atoms with Gasteiger partial charge in [-0.2, -0.15) is 4.98 Å². The molecule has 6 heteroatoms. The summed E-state index contributed by atoms with van der Waals surface area (Å²) < 4.78 is 18.7. The first-order valence-corrected chi connectivity index (χ1v) is 6.84. The quantitative estimate of drug-likeness (QED) is 0.901. The molecule has 1 aromatic carbocycles. The largest absolute Gasteiger partial charge is 0.437 e. The van der Waals surface area contributed by atoms with Crippen molar-refractivity contribution in [3.63, 3.8) is 0 Å². The van der Waals surface area contributed by atoms with Gasteiger partial charge in [-0.15, -0.1) is 0 Å². The second-order valence-corrected chi connectivity index (χ2v) is 6.20. The van der Waals surface area contributed by atoms with Gasteiger partial charge in [-0.05, 0) is 25.1 Å². The first-order chi connectivity index (χ1) is 9.68. The van der Waals surface area contributed by atoms with E-state index in [-0.39, 0.29) is 10.4 Å². The first-order valence-electron chi connectivity index (χ1n) is 6.46. The van der Waals surface area contributed by atoms with Gasteiger partial charge in [0.15, 0.2) is 0 Å². The fraction of sp³-hybridized carbons (Fsp3) is 0.333. The molecular formula is C15H17ClFN3O. The van der Waals surface area contributed by atoms with E-state index in [4.69, 9.17) is 22.1 Å². The highest BCUT2D eigenvalue weighted by atomic mass is 35.5. The zero-order chi connectivity index (χ0) is 15.8. The summed E-state index contributed by atoms with van der Waals surface area (Å²) in [4.78, 5) is 8.67. The number of ether oxygens (including phenoxy) is 1. The van der Waals surface area contributed by atoms with Crippen LogP contribution in [0.25, 0.3) is 0 Å².